The van der Waals surface area contributed by atoms with E-state index in [1.807, 2.05) is 0 Å². The molecule has 2 atom stereocenters. The Kier molecular flexibility index (Phi) is 3.49. The summed E-state index contributed by atoms with van der Waals surface area (Å²) in [5, 5.41) is 9.32. The van der Waals surface area contributed by atoms with E-state index in [2.05, 4.69) is 0 Å². The highest BCUT2D eigenvalue weighted by Gasteiger charge is 2.35. The second kappa shape index (κ2) is 4.74. The molecule has 3 nitrogen and oxygen atoms in total. The maximum absolute atomic E-state index is 12.7. The zero-order valence-corrected chi connectivity index (χ0v) is 10.2. The van der Waals surface area contributed by atoms with Gasteiger partial charge in [-0.25, -0.2) is 12.8 Å². The van der Waals surface area contributed by atoms with E-state index in [1.54, 1.807) is 0 Å². The Morgan fingerprint density at radius 2 is 1.88 bits per heavy atom. The first-order valence-corrected chi connectivity index (χ1v) is 7.37. The second-order valence-corrected chi connectivity index (χ2v) is 6.74. The Labute approximate surface area is 100 Å². The molecule has 2 rings (SSSR count). The molecule has 0 radical (unpaired) electrons. The average molecular weight is 258 g/mol. The highest BCUT2D eigenvalue weighted by Crippen LogP contribution is 2.30. The summed E-state index contributed by atoms with van der Waals surface area (Å²) in [5.74, 6) is -0.261. The van der Waals surface area contributed by atoms with Crippen LogP contribution in [-0.2, 0) is 9.84 Å². The smallest absolute Gasteiger partial charge is 0.156 e. The minimum absolute atomic E-state index is 0.135. The summed E-state index contributed by atoms with van der Waals surface area (Å²) in [6.45, 7) is 0. The maximum Gasteiger partial charge on any atom is 0.156 e. The van der Waals surface area contributed by atoms with Crippen LogP contribution in [0.2, 0.25) is 0 Å². The number of rotatable bonds is 2. The lowest BCUT2D eigenvalue weighted by Gasteiger charge is -2.26. The Morgan fingerprint density at radius 3 is 2.47 bits per heavy atom. The van der Waals surface area contributed by atoms with Gasteiger partial charge in [0.25, 0.3) is 0 Å². The van der Waals surface area contributed by atoms with Crippen molar-refractivity contribution in [2.75, 3.05) is 5.75 Å². The van der Waals surface area contributed by atoms with E-state index in [0.29, 0.717) is 18.4 Å². The topological polar surface area (TPSA) is 54.4 Å². The molecule has 1 aliphatic heterocycles. The quantitative estimate of drug-likeness (QED) is 0.880. The minimum atomic E-state index is -3.22. The van der Waals surface area contributed by atoms with E-state index >= 15 is 0 Å². The molecular formula is C12H15FO3S. The van der Waals surface area contributed by atoms with Gasteiger partial charge in [0.1, 0.15) is 5.82 Å². The third kappa shape index (κ3) is 2.66. The van der Waals surface area contributed by atoms with Crippen LogP contribution in [0.3, 0.4) is 0 Å². The number of aliphatic hydroxyl groups excluding tert-OH is 1. The Hall–Kier alpha value is -0.940. The van der Waals surface area contributed by atoms with Gasteiger partial charge in [0, 0.05) is 0 Å². The Bertz CT molecular complexity index is 481. The summed E-state index contributed by atoms with van der Waals surface area (Å²) in [5.41, 5.74) is 0.460. The lowest BCUT2D eigenvalue weighted by Crippen LogP contribution is -2.33. The lowest BCUT2D eigenvalue weighted by atomic mass is 10.0. The van der Waals surface area contributed by atoms with E-state index in [4.69, 9.17) is 0 Å². The summed E-state index contributed by atoms with van der Waals surface area (Å²) >= 11 is 0. The van der Waals surface area contributed by atoms with Gasteiger partial charge in [-0.2, -0.15) is 0 Å². The van der Waals surface area contributed by atoms with Crippen molar-refractivity contribution < 1.29 is 17.9 Å². The van der Waals surface area contributed by atoms with E-state index in [0.717, 1.165) is 6.42 Å². The van der Waals surface area contributed by atoms with Crippen LogP contribution in [0.5, 0.6) is 0 Å². The van der Waals surface area contributed by atoms with Gasteiger partial charge in [-0.1, -0.05) is 18.6 Å². The molecule has 1 heterocycles. The largest absolute Gasteiger partial charge is 0.387 e. The zero-order valence-electron chi connectivity index (χ0n) is 9.34. The van der Waals surface area contributed by atoms with E-state index < -0.39 is 27.0 Å². The molecule has 1 fully saturated rings. The van der Waals surface area contributed by atoms with Crippen LogP contribution in [0.4, 0.5) is 4.39 Å². The highest BCUT2D eigenvalue weighted by atomic mass is 32.2. The summed E-state index contributed by atoms with van der Waals surface area (Å²) < 4.78 is 36.4. The molecule has 5 heteroatoms. The van der Waals surface area contributed by atoms with Gasteiger partial charge in [0.2, 0.25) is 0 Å². The zero-order chi connectivity index (χ0) is 12.5. The molecule has 0 saturated carbocycles. The van der Waals surface area contributed by atoms with Crippen LogP contribution in [-0.4, -0.2) is 24.5 Å². The van der Waals surface area contributed by atoms with Gasteiger partial charge in [-0.05, 0) is 30.5 Å². The first kappa shape index (κ1) is 12.5. The molecule has 1 aromatic rings. The molecule has 2 unspecified atom stereocenters. The lowest BCUT2D eigenvalue weighted by molar-refractivity contribution is 0.164. The normalized spacial score (nSPS) is 25.4. The summed E-state index contributed by atoms with van der Waals surface area (Å²) in [4.78, 5) is 0. The van der Waals surface area contributed by atoms with Crippen LogP contribution in [0.1, 0.15) is 30.9 Å². The van der Waals surface area contributed by atoms with Gasteiger partial charge in [0.15, 0.2) is 9.84 Å². The number of aliphatic hydroxyl groups is 1. The fraction of sp³-hybridized carbons (Fsp3) is 0.500. The van der Waals surface area contributed by atoms with Gasteiger partial charge in [-0.3, -0.25) is 0 Å². The molecule has 0 aromatic heterocycles. The van der Waals surface area contributed by atoms with Crippen LogP contribution >= 0.6 is 0 Å². The SMILES string of the molecule is O=S1(=O)CCCCC1C(O)c1ccc(F)cc1. The number of benzene rings is 1. The fourth-order valence-electron chi connectivity index (χ4n) is 2.21. The van der Waals surface area contributed by atoms with Crippen molar-refractivity contribution in [3.8, 4) is 0 Å². The van der Waals surface area contributed by atoms with Crippen molar-refractivity contribution in [3.05, 3.63) is 35.6 Å². The number of halogens is 1. The molecule has 0 bridgehead atoms. The van der Waals surface area contributed by atoms with E-state index in [9.17, 15) is 17.9 Å². The van der Waals surface area contributed by atoms with Crippen molar-refractivity contribution in [1.82, 2.24) is 0 Å². The third-order valence-electron chi connectivity index (χ3n) is 3.19. The van der Waals surface area contributed by atoms with E-state index in [1.165, 1.54) is 24.3 Å². The van der Waals surface area contributed by atoms with Crippen molar-refractivity contribution >= 4 is 9.84 Å². The third-order valence-corrected chi connectivity index (χ3v) is 5.47. The summed E-state index contributed by atoms with van der Waals surface area (Å²) in [6, 6.07) is 5.33. The van der Waals surface area contributed by atoms with Crippen LogP contribution in [0.15, 0.2) is 24.3 Å². The standard InChI is InChI=1S/C12H15FO3S/c13-10-6-4-9(5-7-10)12(14)11-3-1-2-8-17(11,15)16/h4-7,11-12,14H,1-3,8H2. The molecule has 0 aliphatic carbocycles. The van der Waals surface area contributed by atoms with Gasteiger partial charge in [0.05, 0.1) is 17.1 Å². The highest BCUT2D eigenvalue weighted by molar-refractivity contribution is 7.92. The first-order chi connectivity index (χ1) is 8.00. The molecule has 94 valence electrons. The first-order valence-electron chi connectivity index (χ1n) is 5.66. The number of hydrogen-bond acceptors (Lipinski definition) is 3. The summed E-state index contributed by atoms with van der Waals surface area (Å²) in [7, 11) is -3.22. The molecule has 1 saturated heterocycles. The Balaban J connectivity index is 2.24. The van der Waals surface area contributed by atoms with Crippen molar-refractivity contribution in [2.45, 2.75) is 30.6 Å². The van der Waals surface area contributed by atoms with Crippen LogP contribution in [0.25, 0.3) is 0 Å². The predicted octanol–water partition coefficient (Wildman–Crippen LogP) is 1.83. The molecule has 0 amide bonds. The van der Waals surface area contributed by atoms with Crippen LogP contribution < -0.4 is 0 Å². The van der Waals surface area contributed by atoms with Crippen molar-refractivity contribution in [2.24, 2.45) is 0 Å². The van der Waals surface area contributed by atoms with E-state index in [-0.39, 0.29) is 5.75 Å². The maximum atomic E-state index is 12.7. The molecule has 1 aliphatic rings. The van der Waals surface area contributed by atoms with Crippen molar-refractivity contribution in [3.63, 3.8) is 0 Å². The van der Waals surface area contributed by atoms with Gasteiger partial charge < -0.3 is 5.11 Å². The molecule has 1 aromatic carbocycles. The molecule has 17 heavy (non-hydrogen) atoms. The van der Waals surface area contributed by atoms with Crippen LogP contribution in [0, 0.1) is 5.82 Å². The molecule has 1 N–H and O–H groups in total. The Morgan fingerprint density at radius 1 is 1.24 bits per heavy atom. The molecule has 0 spiro atoms. The fourth-order valence-corrected chi connectivity index (χ4v) is 4.19. The number of sulfone groups is 1. The summed E-state index contributed by atoms with van der Waals surface area (Å²) in [6.07, 6.45) is 0.888. The number of hydrogen-bond donors (Lipinski definition) is 1. The van der Waals surface area contributed by atoms with Gasteiger partial charge >= 0.3 is 0 Å². The minimum Gasteiger partial charge on any atom is -0.387 e. The predicted molar refractivity (Wildman–Crippen MR) is 62.8 cm³/mol. The monoisotopic (exact) mass is 258 g/mol. The van der Waals surface area contributed by atoms with Crippen molar-refractivity contribution in [1.29, 1.82) is 0 Å². The average Bonchev–Trinajstić information content (AvgIpc) is 2.28. The molecular weight excluding hydrogens is 243 g/mol. The van der Waals surface area contributed by atoms with Gasteiger partial charge in [-0.15, -0.1) is 0 Å². The second-order valence-electron chi connectivity index (χ2n) is 4.40.